The van der Waals surface area contributed by atoms with Gasteiger partial charge in [-0.15, -0.1) is 0 Å². The number of benzene rings is 1. The van der Waals surface area contributed by atoms with E-state index < -0.39 is 17.3 Å². The molecular formula is C27H37F3N6O. The third-order valence-electron chi connectivity index (χ3n) is 6.90. The molecule has 1 fully saturated rings. The SMILES string of the molecule is CC(C)(C)c1nc(N2CCN(CCCCNC(=O)N3CCCc4ccccc43)CC2)cc(C(F)(F)F)n1. The number of anilines is 2. The number of amides is 2. The molecule has 0 aliphatic carbocycles. The minimum Gasteiger partial charge on any atom is -0.354 e. The minimum atomic E-state index is -4.51. The fraction of sp³-hybridized carbons (Fsp3) is 0.593. The van der Waals surface area contributed by atoms with Crippen molar-refractivity contribution >= 4 is 17.5 Å². The molecule has 1 N–H and O–H groups in total. The van der Waals surface area contributed by atoms with Crippen molar-refractivity contribution in [2.45, 2.75) is 58.0 Å². The molecule has 1 aromatic carbocycles. The Bertz CT molecular complexity index is 1040. The normalized spacial score (nSPS) is 17.0. The topological polar surface area (TPSA) is 64.6 Å². The Balaban J connectivity index is 1.22. The highest BCUT2D eigenvalue weighted by molar-refractivity contribution is 5.93. The summed E-state index contributed by atoms with van der Waals surface area (Å²) in [5, 5.41) is 3.05. The molecule has 10 heteroatoms. The number of piperazine rings is 1. The maximum Gasteiger partial charge on any atom is 0.433 e. The lowest BCUT2D eigenvalue weighted by Crippen LogP contribution is -2.47. The van der Waals surface area contributed by atoms with Gasteiger partial charge in [0.25, 0.3) is 0 Å². The molecule has 2 aliphatic heterocycles. The van der Waals surface area contributed by atoms with Gasteiger partial charge >= 0.3 is 12.2 Å². The third-order valence-corrected chi connectivity index (χ3v) is 6.90. The minimum absolute atomic E-state index is 0.0431. The average Bonchev–Trinajstić information content (AvgIpc) is 2.87. The molecule has 0 unspecified atom stereocenters. The molecule has 1 aromatic heterocycles. The van der Waals surface area contributed by atoms with Crippen LogP contribution in [0.2, 0.25) is 0 Å². The number of nitrogens with zero attached hydrogens (tertiary/aromatic N) is 5. The van der Waals surface area contributed by atoms with Gasteiger partial charge in [0.2, 0.25) is 0 Å². The van der Waals surface area contributed by atoms with Gasteiger partial charge in [0.15, 0.2) is 0 Å². The van der Waals surface area contributed by atoms with Gasteiger partial charge in [0, 0.05) is 56.4 Å². The Morgan fingerprint density at radius 1 is 1.00 bits per heavy atom. The number of nitrogens with one attached hydrogen (secondary N) is 1. The first-order valence-electron chi connectivity index (χ1n) is 13.1. The van der Waals surface area contributed by atoms with E-state index in [0.717, 1.165) is 63.6 Å². The zero-order valence-electron chi connectivity index (χ0n) is 21.9. The van der Waals surface area contributed by atoms with Gasteiger partial charge in [0.1, 0.15) is 17.3 Å². The Labute approximate surface area is 217 Å². The largest absolute Gasteiger partial charge is 0.433 e. The molecule has 0 bridgehead atoms. The number of aromatic nitrogens is 2. The van der Waals surface area contributed by atoms with E-state index in [4.69, 9.17) is 0 Å². The van der Waals surface area contributed by atoms with Crippen LogP contribution in [0.4, 0.5) is 29.5 Å². The first kappa shape index (κ1) is 27.2. The quantitative estimate of drug-likeness (QED) is 0.554. The van der Waals surface area contributed by atoms with Crippen LogP contribution in [0.15, 0.2) is 30.3 Å². The molecule has 2 aliphatic rings. The number of carbonyl (C=O) groups excluding carboxylic acids is 1. The monoisotopic (exact) mass is 518 g/mol. The van der Waals surface area contributed by atoms with E-state index in [2.05, 4.69) is 26.3 Å². The van der Waals surface area contributed by atoms with Crippen molar-refractivity contribution in [2.75, 3.05) is 55.6 Å². The molecule has 0 radical (unpaired) electrons. The number of urea groups is 1. The summed E-state index contributed by atoms with van der Waals surface area (Å²) in [6, 6.07) is 9.08. The highest BCUT2D eigenvalue weighted by Gasteiger charge is 2.36. The van der Waals surface area contributed by atoms with Crippen molar-refractivity contribution in [3.05, 3.63) is 47.4 Å². The highest BCUT2D eigenvalue weighted by Crippen LogP contribution is 2.32. The van der Waals surface area contributed by atoms with Gasteiger partial charge in [0.05, 0.1) is 0 Å². The van der Waals surface area contributed by atoms with Gasteiger partial charge in [-0.3, -0.25) is 9.80 Å². The molecule has 3 heterocycles. The zero-order chi connectivity index (χ0) is 26.6. The van der Waals surface area contributed by atoms with Crippen LogP contribution in [-0.4, -0.2) is 66.7 Å². The smallest absolute Gasteiger partial charge is 0.354 e. The van der Waals surface area contributed by atoms with Crippen molar-refractivity contribution in [1.82, 2.24) is 20.2 Å². The molecule has 202 valence electrons. The second kappa shape index (κ2) is 11.2. The first-order chi connectivity index (χ1) is 17.5. The molecule has 0 atom stereocenters. The number of halogens is 3. The van der Waals surface area contributed by atoms with E-state index >= 15 is 0 Å². The molecule has 1 saturated heterocycles. The van der Waals surface area contributed by atoms with E-state index in [-0.39, 0.29) is 11.9 Å². The Kier molecular flexibility index (Phi) is 8.26. The van der Waals surface area contributed by atoms with Crippen molar-refractivity contribution in [2.24, 2.45) is 0 Å². The van der Waals surface area contributed by atoms with Gasteiger partial charge in [-0.05, 0) is 43.9 Å². The molecule has 7 nitrogen and oxygen atoms in total. The van der Waals surface area contributed by atoms with Crippen LogP contribution in [0.5, 0.6) is 0 Å². The maximum atomic E-state index is 13.4. The number of aryl methyl sites for hydroxylation is 1. The van der Waals surface area contributed by atoms with Crippen molar-refractivity contribution < 1.29 is 18.0 Å². The van der Waals surface area contributed by atoms with E-state index in [9.17, 15) is 18.0 Å². The number of hydrogen-bond acceptors (Lipinski definition) is 5. The number of rotatable bonds is 6. The summed E-state index contributed by atoms with van der Waals surface area (Å²) >= 11 is 0. The summed E-state index contributed by atoms with van der Waals surface area (Å²) < 4.78 is 40.3. The number of unbranched alkanes of at least 4 members (excludes halogenated alkanes) is 1. The van der Waals surface area contributed by atoms with Crippen molar-refractivity contribution in [3.8, 4) is 0 Å². The van der Waals surface area contributed by atoms with Crippen LogP contribution in [0.3, 0.4) is 0 Å². The number of para-hydroxylation sites is 1. The van der Waals surface area contributed by atoms with Crippen LogP contribution in [0, 0.1) is 0 Å². The van der Waals surface area contributed by atoms with Crippen LogP contribution in [0.1, 0.15) is 57.1 Å². The zero-order valence-corrected chi connectivity index (χ0v) is 21.9. The van der Waals surface area contributed by atoms with E-state index in [0.29, 0.717) is 25.5 Å². The summed E-state index contributed by atoms with van der Waals surface area (Å²) in [5.41, 5.74) is 0.754. The summed E-state index contributed by atoms with van der Waals surface area (Å²) in [7, 11) is 0. The predicted octanol–water partition coefficient (Wildman–Crippen LogP) is 4.86. The summed E-state index contributed by atoms with van der Waals surface area (Å²) in [4.78, 5) is 27.0. The summed E-state index contributed by atoms with van der Waals surface area (Å²) in [5.74, 6) is 0.545. The lowest BCUT2D eigenvalue weighted by molar-refractivity contribution is -0.141. The van der Waals surface area contributed by atoms with Gasteiger partial charge in [-0.25, -0.2) is 14.8 Å². The van der Waals surface area contributed by atoms with Crippen LogP contribution < -0.4 is 15.1 Å². The molecule has 0 spiro atoms. The molecular weight excluding hydrogens is 481 g/mol. The van der Waals surface area contributed by atoms with E-state index in [1.54, 1.807) is 0 Å². The van der Waals surface area contributed by atoms with Crippen LogP contribution in [0.25, 0.3) is 0 Å². The number of fused-ring (bicyclic) bond motifs is 1. The Morgan fingerprint density at radius 3 is 2.43 bits per heavy atom. The first-order valence-corrected chi connectivity index (χ1v) is 13.1. The number of alkyl halides is 3. The number of hydrogen-bond donors (Lipinski definition) is 1. The standard InChI is InChI=1S/C27H37F3N6O/c1-26(2,3)24-32-22(27(28,29)30)19-23(33-24)35-17-15-34(16-18-35)13-7-6-12-31-25(37)36-14-8-10-20-9-4-5-11-21(20)36/h4-5,9,11,19H,6-8,10,12-18H2,1-3H3,(H,31,37). The van der Waals surface area contributed by atoms with Crippen molar-refractivity contribution in [3.63, 3.8) is 0 Å². The van der Waals surface area contributed by atoms with Gasteiger partial charge in [-0.1, -0.05) is 39.0 Å². The lowest BCUT2D eigenvalue weighted by atomic mass is 9.95. The highest BCUT2D eigenvalue weighted by atomic mass is 19.4. The van der Waals surface area contributed by atoms with E-state index in [1.807, 2.05) is 48.8 Å². The lowest BCUT2D eigenvalue weighted by Gasteiger charge is -2.36. The molecule has 2 amide bonds. The van der Waals surface area contributed by atoms with Crippen LogP contribution in [-0.2, 0) is 18.0 Å². The van der Waals surface area contributed by atoms with Crippen LogP contribution >= 0.6 is 0 Å². The molecule has 0 saturated carbocycles. The predicted molar refractivity (Wildman–Crippen MR) is 139 cm³/mol. The fourth-order valence-electron chi connectivity index (χ4n) is 4.77. The fourth-order valence-corrected chi connectivity index (χ4v) is 4.77. The molecule has 37 heavy (non-hydrogen) atoms. The second-order valence-electron chi connectivity index (χ2n) is 10.8. The van der Waals surface area contributed by atoms with E-state index in [1.165, 1.54) is 5.56 Å². The van der Waals surface area contributed by atoms with Crippen molar-refractivity contribution in [1.29, 1.82) is 0 Å². The van der Waals surface area contributed by atoms with Gasteiger partial charge < -0.3 is 10.2 Å². The summed E-state index contributed by atoms with van der Waals surface area (Å²) in [6.45, 7) is 10.4. The maximum absolute atomic E-state index is 13.4. The second-order valence-corrected chi connectivity index (χ2v) is 10.8. The summed E-state index contributed by atoms with van der Waals surface area (Å²) in [6.07, 6.45) is -0.716. The molecule has 2 aromatic rings. The number of carbonyl (C=O) groups is 1. The Morgan fingerprint density at radius 2 is 1.73 bits per heavy atom. The Hall–Kier alpha value is -2.88. The van der Waals surface area contributed by atoms with Gasteiger partial charge in [-0.2, -0.15) is 13.2 Å². The average molecular weight is 519 g/mol. The third kappa shape index (κ3) is 6.91. The molecule has 4 rings (SSSR count).